The molecule has 0 amide bonds. The molecular formula is C15H13Cl2NO2S. The standard InChI is InChI=1S/C15H13Cl2NO2S/c1-21-13-9-5-2-6-10(13)14(15(19)20)18(17)12-8-4-3-7-11(12)16/h2-9,14H,1H3,(H,19,20). The average molecular weight is 342 g/mol. The highest BCUT2D eigenvalue weighted by atomic mass is 35.5. The van der Waals surface area contributed by atoms with Crippen LogP contribution >= 0.6 is 35.1 Å². The molecule has 0 fully saturated rings. The van der Waals surface area contributed by atoms with E-state index in [-0.39, 0.29) is 0 Å². The summed E-state index contributed by atoms with van der Waals surface area (Å²) in [6, 6.07) is 13.2. The van der Waals surface area contributed by atoms with E-state index in [1.807, 2.05) is 18.4 Å². The van der Waals surface area contributed by atoms with E-state index in [0.717, 1.165) is 4.90 Å². The van der Waals surface area contributed by atoms with Crippen molar-refractivity contribution in [2.75, 3.05) is 10.7 Å². The van der Waals surface area contributed by atoms with Crippen LogP contribution in [0.2, 0.25) is 5.02 Å². The Bertz CT molecular complexity index is 651. The molecule has 0 saturated heterocycles. The highest BCUT2D eigenvalue weighted by Gasteiger charge is 2.29. The summed E-state index contributed by atoms with van der Waals surface area (Å²) in [6.07, 6.45) is 1.89. The van der Waals surface area contributed by atoms with Gasteiger partial charge in [-0.15, -0.1) is 11.8 Å². The van der Waals surface area contributed by atoms with Crippen LogP contribution in [0.15, 0.2) is 53.4 Å². The van der Waals surface area contributed by atoms with E-state index >= 15 is 0 Å². The second-order valence-electron chi connectivity index (χ2n) is 4.25. The molecule has 2 aromatic carbocycles. The van der Waals surface area contributed by atoms with Crippen LogP contribution in [0.5, 0.6) is 0 Å². The van der Waals surface area contributed by atoms with Crippen LogP contribution in [0.25, 0.3) is 0 Å². The lowest BCUT2D eigenvalue weighted by Crippen LogP contribution is -2.27. The number of para-hydroxylation sites is 1. The fraction of sp³-hybridized carbons (Fsp3) is 0.133. The molecule has 0 aliphatic heterocycles. The van der Waals surface area contributed by atoms with Crippen molar-refractivity contribution in [3.8, 4) is 0 Å². The number of nitrogens with zero attached hydrogens (tertiary/aromatic N) is 1. The quantitative estimate of drug-likeness (QED) is 0.623. The molecule has 0 aliphatic rings. The molecule has 6 heteroatoms. The van der Waals surface area contributed by atoms with Gasteiger partial charge in [-0.25, -0.2) is 4.79 Å². The first kappa shape index (κ1) is 16.0. The molecule has 0 aromatic heterocycles. The highest BCUT2D eigenvalue weighted by Crippen LogP contribution is 2.37. The number of rotatable bonds is 5. The molecule has 21 heavy (non-hydrogen) atoms. The lowest BCUT2D eigenvalue weighted by atomic mass is 10.1. The molecule has 3 nitrogen and oxygen atoms in total. The van der Waals surface area contributed by atoms with Gasteiger partial charge in [-0.3, -0.25) is 4.42 Å². The number of carbonyl (C=O) groups is 1. The summed E-state index contributed by atoms with van der Waals surface area (Å²) >= 11 is 13.9. The van der Waals surface area contributed by atoms with Crippen molar-refractivity contribution in [2.45, 2.75) is 10.9 Å². The van der Waals surface area contributed by atoms with E-state index in [9.17, 15) is 9.90 Å². The summed E-state index contributed by atoms with van der Waals surface area (Å²) in [5.74, 6) is -1.04. The Kier molecular flexibility index (Phi) is 5.39. The Morgan fingerprint density at radius 3 is 2.43 bits per heavy atom. The van der Waals surface area contributed by atoms with E-state index in [4.69, 9.17) is 23.4 Å². The Labute approximate surface area is 137 Å². The van der Waals surface area contributed by atoms with Crippen molar-refractivity contribution in [2.24, 2.45) is 0 Å². The summed E-state index contributed by atoms with van der Waals surface area (Å²) < 4.78 is 1.17. The predicted octanol–water partition coefficient (Wildman–Crippen LogP) is 4.85. The van der Waals surface area contributed by atoms with Crippen molar-refractivity contribution < 1.29 is 9.90 Å². The molecule has 0 aliphatic carbocycles. The SMILES string of the molecule is CSc1ccccc1C(C(=O)O)N(Cl)c1ccccc1Cl. The number of hydrogen-bond donors (Lipinski definition) is 1. The smallest absolute Gasteiger partial charge is 0.332 e. The topological polar surface area (TPSA) is 40.5 Å². The van der Waals surface area contributed by atoms with Crippen LogP contribution in [0.3, 0.4) is 0 Å². The monoisotopic (exact) mass is 341 g/mol. The van der Waals surface area contributed by atoms with Gasteiger partial charge in [0.25, 0.3) is 0 Å². The predicted molar refractivity (Wildman–Crippen MR) is 88.4 cm³/mol. The molecule has 0 heterocycles. The summed E-state index contributed by atoms with van der Waals surface area (Å²) in [5.41, 5.74) is 1.09. The van der Waals surface area contributed by atoms with Crippen molar-refractivity contribution in [1.29, 1.82) is 0 Å². The lowest BCUT2D eigenvalue weighted by Gasteiger charge is -2.26. The minimum Gasteiger partial charge on any atom is -0.479 e. The average Bonchev–Trinajstić information content (AvgIpc) is 2.48. The Morgan fingerprint density at radius 2 is 1.81 bits per heavy atom. The normalized spacial score (nSPS) is 12.0. The van der Waals surface area contributed by atoms with Gasteiger partial charge >= 0.3 is 5.97 Å². The number of benzene rings is 2. The molecular weight excluding hydrogens is 329 g/mol. The number of anilines is 1. The van der Waals surface area contributed by atoms with Crippen molar-refractivity contribution in [3.05, 3.63) is 59.1 Å². The second kappa shape index (κ2) is 7.07. The molecule has 0 radical (unpaired) electrons. The fourth-order valence-corrected chi connectivity index (χ4v) is 3.24. The number of aliphatic carboxylic acids is 1. The second-order valence-corrected chi connectivity index (χ2v) is 5.86. The molecule has 2 rings (SSSR count). The van der Waals surface area contributed by atoms with E-state index in [1.54, 1.807) is 36.4 Å². The van der Waals surface area contributed by atoms with Crippen molar-refractivity contribution >= 4 is 46.8 Å². The fourth-order valence-electron chi connectivity index (χ4n) is 2.01. The molecule has 1 unspecified atom stereocenters. The van der Waals surface area contributed by atoms with Gasteiger partial charge in [0.1, 0.15) is 0 Å². The van der Waals surface area contributed by atoms with Gasteiger partial charge in [-0.2, -0.15) is 0 Å². The van der Waals surface area contributed by atoms with Crippen LogP contribution in [-0.2, 0) is 4.79 Å². The number of hydrogen-bond acceptors (Lipinski definition) is 3. The van der Waals surface area contributed by atoms with Crippen LogP contribution in [0, 0.1) is 0 Å². The number of carboxylic acid groups (broad SMARTS) is 1. The zero-order valence-electron chi connectivity index (χ0n) is 11.2. The molecule has 1 atom stereocenters. The molecule has 0 bridgehead atoms. The summed E-state index contributed by atoms with van der Waals surface area (Å²) in [6.45, 7) is 0. The first-order chi connectivity index (χ1) is 10.1. The number of thioether (sulfide) groups is 1. The Morgan fingerprint density at radius 1 is 1.19 bits per heavy atom. The third-order valence-electron chi connectivity index (χ3n) is 2.98. The van der Waals surface area contributed by atoms with Gasteiger partial charge in [0.2, 0.25) is 0 Å². The third-order valence-corrected chi connectivity index (χ3v) is 4.49. The van der Waals surface area contributed by atoms with Gasteiger partial charge in [0.05, 0.1) is 10.7 Å². The van der Waals surface area contributed by atoms with E-state index in [2.05, 4.69) is 0 Å². The third kappa shape index (κ3) is 3.46. The minimum atomic E-state index is -1.04. The van der Waals surface area contributed by atoms with Gasteiger partial charge in [0.15, 0.2) is 6.04 Å². The maximum atomic E-state index is 11.7. The highest BCUT2D eigenvalue weighted by molar-refractivity contribution is 7.98. The zero-order valence-corrected chi connectivity index (χ0v) is 13.5. The van der Waals surface area contributed by atoms with Crippen molar-refractivity contribution in [3.63, 3.8) is 0 Å². The van der Waals surface area contributed by atoms with Crippen molar-refractivity contribution in [1.82, 2.24) is 0 Å². The summed E-state index contributed by atoms with van der Waals surface area (Å²) in [5, 5.41) is 9.99. The minimum absolute atomic E-state index is 0.403. The van der Waals surface area contributed by atoms with Crippen LogP contribution in [0.1, 0.15) is 11.6 Å². The molecule has 0 spiro atoms. The Hall–Kier alpha value is -1.36. The molecule has 110 valence electrons. The zero-order chi connectivity index (χ0) is 15.4. The summed E-state index contributed by atoms with van der Waals surface area (Å²) in [7, 11) is 0. The summed E-state index contributed by atoms with van der Waals surface area (Å²) in [4.78, 5) is 12.6. The molecule has 0 saturated carbocycles. The van der Waals surface area contributed by atoms with Crippen LogP contribution in [-0.4, -0.2) is 17.3 Å². The van der Waals surface area contributed by atoms with Gasteiger partial charge in [-0.1, -0.05) is 41.9 Å². The van der Waals surface area contributed by atoms with Gasteiger partial charge in [0, 0.05) is 22.2 Å². The maximum Gasteiger partial charge on any atom is 0.332 e. The first-order valence-corrected chi connectivity index (χ1v) is 8.05. The first-order valence-electron chi connectivity index (χ1n) is 6.11. The molecule has 1 N–H and O–H groups in total. The maximum absolute atomic E-state index is 11.7. The number of carboxylic acids is 1. The van der Waals surface area contributed by atoms with Gasteiger partial charge in [-0.05, 0) is 24.5 Å². The van der Waals surface area contributed by atoms with E-state index in [1.165, 1.54) is 16.2 Å². The number of halogens is 2. The lowest BCUT2D eigenvalue weighted by molar-refractivity contribution is -0.138. The van der Waals surface area contributed by atoms with E-state index < -0.39 is 12.0 Å². The van der Waals surface area contributed by atoms with Crippen LogP contribution < -0.4 is 4.42 Å². The Balaban J connectivity index is 2.49. The van der Waals surface area contributed by atoms with Crippen LogP contribution in [0.4, 0.5) is 5.69 Å². The van der Waals surface area contributed by atoms with E-state index in [0.29, 0.717) is 16.3 Å². The largest absolute Gasteiger partial charge is 0.479 e. The van der Waals surface area contributed by atoms with Gasteiger partial charge < -0.3 is 5.11 Å². The molecule has 2 aromatic rings.